The van der Waals surface area contributed by atoms with Crippen molar-refractivity contribution in [1.29, 1.82) is 0 Å². The molecule has 5 rings (SSSR count). The molecule has 1 atom stereocenters. The zero-order chi connectivity index (χ0) is 24.9. The minimum absolute atomic E-state index is 0.120. The lowest BCUT2D eigenvalue weighted by atomic mass is 9.83. The predicted molar refractivity (Wildman–Crippen MR) is 141 cm³/mol. The molecule has 2 aromatic heterocycles. The minimum atomic E-state index is -0.315. The van der Waals surface area contributed by atoms with Gasteiger partial charge in [0.2, 0.25) is 0 Å². The highest BCUT2D eigenvalue weighted by molar-refractivity contribution is 6.43. The van der Waals surface area contributed by atoms with Crippen molar-refractivity contribution in [2.45, 2.75) is 45.6 Å². The highest BCUT2D eigenvalue weighted by Crippen LogP contribution is 2.39. The number of carbonyl (C=O) groups is 1. The van der Waals surface area contributed by atoms with Gasteiger partial charge in [0.05, 0.1) is 45.7 Å². The third-order valence-corrected chi connectivity index (χ3v) is 7.28. The molecule has 35 heavy (non-hydrogen) atoms. The maximum atomic E-state index is 13.7. The molecule has 5 nitrogen and oxygen atoms in total. The second-order valence-electron chi connectivity index (χ2n) is 9.96. The number of aromatic nitrogens is 2. The number of nitrogens with one attached hydrogen (secondary N) is 1. The molecule has 1 N–H and O–H groups in total. The zero-order valence-corrected chi connectivity index (χ0v) is 21.7. The normalized spacial score (nSPS) is 15.5. The van der Waals surface area contributed by atoms with Crippen LogP contribution in [-0.2, 0) is 5.41 Å². The van der Waals surface area contributed by atoms with E-state index in [2.05, 4.69) is 32.2 Å². The topological polar surface area (TPSA) is 55.6 Å². The lowest BCUT2D eigenvalue weighted by Crippen LogP contribution is -2.34. The van der Waals surface area contributed by atoms with E-state index in [4.69, 9.17) is 33.0 Å². The van der Waals surface area contributed by atoms with Gasteiger partial charge >= 0.3 is 0 Å². The Morgan fingerprint density at radius 3 is 2.69 bits per heavy atom. The highest BCUT2D eigenvalue weighted by Gasteiger charge is 2.30. The molecule has 0 spiro atoms. The van der Waals surface area contributed by atoms with Gasteiger partial charge < -0.3 is 10.1 Å². The number of aryl methyl sites for hydroxylation is 1. The standard InChI is InChI=1S/C28H27Cl2N3O2/c1-16-14-22-24(28(2,3)4)19(15-31-33(22)26(16)18-9-7-10-20(29)25(18)30)27(34)32-21-12-13-35-23-11-6-5-8-17(21)23/h5-11,14-15,21H,12-13H2,1-4H3,(H,32,34)/t21-/m0/s1. The lowest BCUT2D eigenvalue weighted by molar-refractivity contribution is 0.0922. The Morgan fingerprint density at radius 1 is 1.14 bits per heavy atom. The number of nitrogens with zero attached hydrogens (tertiary/aromatic N) is 2. The second kappa shape index (κ2) is 8.89. The van der Waals surface area contributed by atoms with Crippen molar-refractivity contribution in [3.63, 3.8) is 0 Å². The first-order valence-corrected chi connectivity index (χ1v) is 12.4. The largest absolute Gasteiger partial charge is 0.493 e. The van der Waals surface area contributed by atoms with Crippen LogP contribution in [0.25, 0.3) is 16.8 Å². The van der Waals surface area contributed by atoms with Crippen LogP contribution in [0.4, 0.5) is 0 Å². The summed E-state index contributed by atoms with van der Waals surface area (Å²) in [5.41, 5.74) is 5.72. The molecule has 0 unspecified atom stereocenters. The first-order chi connectivity index (χ1) is 16.7. The Balaban J connectivity index is 1.62. The Kier molecular flexibility index (Phi) is 6.02. The molecule has 7 heteroatoms. The molecule has 0 aliphatic carbocycles. The van der Waals surface area contributed by atoms with Gasteiger partial charge in [-0.2, -0.15) is 5.10 Å². The van der Waals surface area contributed by atoms with Crippen molar-refractivity contribution in [2.24, 2.45) is 0 Å². The van der Waals surface area contributed by atoms with Crippen LogP contribution in [0.2, 0.25) is 10.0 Å². The van der Waals surface area contributed by atoms with Gasteiger partial charge in [0.15, 0.2) is 0 Å². The summed E-state index contributed by atoms with van der Waals surface area (Å²) in [6.07, 6.45) is 2.38. The number of hydrogen-bond donors (Lipinski definition) is 1. The maximum Gasteiger partial charge on any atom is 0.253 e. The number of fused-ring (bicyclic) bond motifs is 2. The fourth-order valence-corrected chi connectivity index (χ4v) is 5.33. The number of para-hydroxylation sites is 1. The van der Waals surface area contributed by atoms with E-state index in [9.17, 15) is 4.79 Å². The van der Waals surface area contributed by atoms with Crippen molar-refractivity contribution in [1.82, 2.24) is 14.9 Å². The summed E-state index contributed by atoms with van der Waals surface area (Å²) in [5, 5.41) is 8.91. The highest BCUT2D eigenvalue weighted by atomic mass is 35.5. The van der Waals surface area contributed by atoms with Crippen LogP contribution in [0, 0.1) is 6.92 Å². The second-order valence-corrected chi connectivity index (χ2v) is 10.7. The molecule has 180 valence electrons. The fourth-order valence-electron chi connectivity index (χ4n) is 4.94. The Labute approximate surface area is 215 Å². The molecule has 0 saturated heterocycles. The maximum absolute atomic E-state index is 13.7. The van der Waals surface area contributed by atoms with E-state index in [0.717, 1.165) is 39.2 Å². The van der Waals surface area contributed by atoms with E-state index in [1.165, 1.54) is 0 Å². The van der Waals surface area contributed by atoms with Gasteiger partial charge in [-0.25, -0.2) is 4.52 Å². The number of halogens is 2. The Morgan fingerprint density at radius 2 is 1.91 bits per heavy atom. The van der Waals surface area contributed by atoms with Gasteiger partial charge in [0.1, 0.15) is 5.75 Å². The molecular weight excluding hydrogens is 481 g/mol. The molecule has 0 bridgehead atoms. The van der Waals surface area contributed by atoms with E-state index in [-0.39, 0.29) is 17.4 Å². The van der Waals surface area contributed by atoms with E-state index in [1.54, 1.807) is 12.3 Å². The molecule has 0 radical (unpaired) electrons. The predicted octanol–water partition coefficient (Wildman–Crippen LogP) is 7.17. The van der Waals surface area contributed by atoms with Crippen LogP contribution in [-0.4, -0.2) is 22.1 Å². The van der Waals surface area contributed by atoms with E-state index < -0.39 is 0 Å². The summed E-state index contributed by atoms with van der Waals surface area (Å²) in [4.78, 5) is 13.7. The molecule has 3 heterocycles. The Bertz CT molecular complexity index is 1450. The third-order valence-electron chi connectivity index (χ3n) is 6.46. The Hall–Kier alpha value is -3.02. The number of hydrogen-bond acceptors (Lipinski definition) is 3. The van der Waals surface area contributed by atoms with E-state index >= 15 is 0 Å². The van der Waals surface area contributed by atoms with Crippen LogP contribution < -0.4 is 10.1 Å². The van der Waals surface area contributed by atoms with Crippen molar-refractivity contribution >= 4 is 34.6 Å². The number of carbonyl (C=O) groups excluding carboxylic acids is 1. The van der Waals surface area contributed by atoms with Crippen molar-refractivity contribution in [2.75, 3.05) is 6.61 Å². The summed E-state index contributed by atoms with van der Waals surface area (Å²) in [5.74, 6) is 0.673. The van der Waals surface area contributed by atoms with Gasteiger partial charge in [-0.05, 0) is 41.7 Å². The number of amides is 1. The molecule has 2 aromatic carbocycles. The quantitative estimate of drug-likeness (QED) is 0.319. The molecule has 1 aliphatic heterocycles. The van der Waals surface area contributed by atoms with Gasteiger partial charge in [-0.1, -0.05) is 74.3 Å². The first kappa shape index (κ1) is 23.7. The summed E-state index contributed by atoms with van der Waals surface area (Å²) in [6, 6.07) is 15.4. The average molecular weight is 508 g/mol. The monoisotopic (exact) mass is 507 g/mol. The third kappa shape index (κ3) is 4.17. The van der Waals surface area contributed by atoms with E-state index in [0.29, 0.717) is 28.6 Å². The molecule has 1 aliphatic rings. The van der Waals surface area contributed by atoms with E-state index in [1.807, 2.05) is 47.8 Å². The smallest absolute Gasteiger partial charge is 0.253 e. The van der Waals surface area contributed by atoms with Crippen molar-refractivity contribution in [3.8, 4) is 17.0 Å². The summed E-state index contributed by atoms with van der Waals surface area (Å²) < 4.78 is 7.63. The first-order valence-electron chi connectivity index (χ1n) is 11.7. The molecule has 0 fully saturated rings. The summed E-state index contributed by atoms with van der Waals surface area (Å²) in [7, 11) is 0. The molecule has 4 aromatic rings. The van der Waals surface area contributed by atoms with Crippen LogP contribution >= 0.6 is 23.2 Å². The van der Waals surface area contributed by atoms with Gasteiger partial charge in [-0.15, -0.1) is 0 Å². The van der Waals surface area contributed by atoms with Crippen molar-refractivity contribution in [3.05, 3.63) is 87.0 Å². The number of benzene rings is 2. The summed E-state index contributed by atoms with van der Waals surface area (Å²) >= 11 is 12.9. The molecule has 0 saturated carbocycles. The van der Waals surface area contributed by atoms with Gasteiger partial charge in [0.25, 0.3) is 5.91 Å². The zero-order valence-electron chi connectivity index (χ0n) is 20.2. The average Bonchev–Trinajstić information content (AvgIpc) is 3.15. The van der Waals surface area contributed by atoms with Crippen LogP contribution in [0.15, 0.2) is 54.7 Å². The summed E-state index contributed by atoms with van der Waals surface area (Å²) in [6.45, 7) is 8.91. The number of ether oxygens (including phenoxy) is 1. The van der Waals surface area contributed by atoms with Crippen LogP contribution in [0.5, 0.6) is 5.75 Å². The molecular formula is C28H27Cl2N3O2. The lowest BCUT2D eigenvalue weighted by Gasteiger charge is -2.28. The van der Waals surface area contributed by atoms with Crippen LogP contribution in [0.1, 0.15) is 60.3 Å². The minimum Gasteiger partial charge on any atom is -0.493 e. The van der Waals surface area contributed by atoms with Gasteiger partial charge in [0, 0.05) is 17.5 Å². The van der Waals surface area contributed by atoms with Crippen LogP contribution in [0.3, 0.4) is 0 Å². The van der Waals surface area contributed by atoms with Gasteiger partial charge in [-0.3, -0.25) is 4.79 Å². The fraction of sp³-hybridized carbons (Fsp3) is 0.286. The SMILES string of the molecule is Cc1cc2c(C(C)(C)C)c(C(=O)N[C@H]3CCOc4ccccc43)cnn2c1-c1cccc(Cl)c1Cl. The molecule has 1 amide bonds. The van der Waals surface area contributed by atoms with Crippen molar-refractivity contribution < 1.29 is 9.53 Å². The number of rotatable bonds is 3.